The summed E-state index contributed by atoms with van der Waals surface area (Å²) in [5.41, 5.74) is 4.68. The molecule has 8 heteroatoms. The van der Waals surface area contributed by atoms with Gasteiger partial charge in [0.25, 0.3) is 0 Å². The number of hydrogen-bond donors (Lipinski definition) is 0. The Labute approximate surface area is 182 Å². The van der Waals surface area contributed by atoms with Crippen molar-refractivity contribution in [3.05, 3.63) is 57.3 Å². The van der Waals surface area contributed by atoms with Crippen LogP contribution in [0.15, 0.2) is 41.0 Å². The first-order valence-corrected chi connectivity index (χ1v) is 10.5. The van der Waals surface area contributed by atoms with Crippen molar-refractivity contribution >= 4 is 39.3 Å². The fourth-order valence-corrected chi connectivity index (χ4v) is 4.41. The van der Waals surface area contributed by atoms with E-state index in [9.17, 15) is 4.79 Å². The molecule has 0 aliphatic carbocycles. The van der Waals surface area contributed by atoms with Crippen LogP contribution in [-0.4, -0.2) is 53.3 Å². The van der Waals surface area contributed by atoms with Gasteiger partial charge in [0.05, 0.1) is 42.8 Å². The fraction of sp³-hybridized carbons (Fsp3) is 0.333. The minimum Gasteiger partial charge on any atom is -0.453 e. The highest BCUT2D eigenvalue weighted by Gasteiger charge is 2.27. The zero-order valence-corrected chi connectivity index (χ0v) is 18.5. The number of amides is 1. The van der Waals surface area contributed by atoms with Crippen molar-refractivity contribution in [1.29, 1.82) is 0 Å². The Morgan fingerprint density at radius 1 is 1.38 bits per heavy atom. The molecular weight excluding hydrogens is 458 g/mol. The maximum atomic E-state index is 11.9. The SMILES string of the molecule is COC(=O)N1CCOC(Cc2c(-c3ccc(Br)cc3Cl)nc3cc(C)ccn23)C1. The molecule has 152 valence electrons. The molecule has 1 amide bonds. The number of imidazole rings is 1. The van der Waals surface area contributed by atoms with Crippen LogP contribution in [0.25, 0.3) is 16.9 Å². The number of fused-ring (bicyclic) bond motifs is 1. The summed E-state index contributed by atoms with van der Waals surface area (Å²) in [5, 5.41) is 0.626. The molecule has 1 aliphatic heterocycles. The van der Waals surface area contributed by atoms with Gasteiger partial charge in [-0.2, -0.15) is 0 Å². The molecule has 0 radical (unpaired) electrons. The largest absolute Gasteiger partial charge is 0.453 e. The standard InChI is InChI=1S/C21H21BrClN3O3/c1-13-5-6-26-18(11-15-12-25(7-8-29-15)21(27)28-2)20(24-19(26)9-13)16-4-3-14(22)10-17(16)23/h3-6,9-10,15H,7-8,11-12H2,1-2H3. The van der Waals surface area contributed by atoms with Gasteiger partial charge < -0.3 is 18.8 Å². The molecular formula is C21H21BrClN3O3. The van der Waals surface area contributed by atoms with E-state index in [0.29, 0.717) is 31.1 Å². The zero-order chi connectivity index (χ0) is 20.5. The predicted octanol–water partition coefficient (Wildman–Crippen LogP) is 4.74. The third-order valence-corrected chi connectivity index (χ3v) is 5.87. The molecule has 2 aromatic heterocycles. The van der Waals surface area contributed by atoms with Gasteiger partial charge in [-0.05, 0) is 36.8 Å². The molecule has 0 N–H and O–H groups in total. The minimum atomic E-state index is -0.330. The monoisotopic (exact) mass is 477 g/mol. The number of halogens is 2. The van der Waals surface area contributed by atoms with Crippen molar-refractivity contribution < 1.29 is 14.3 Å². The summed E-state index contributed by atoms with van der Waals surface area (Å²) in [7, 11) is 1.40. The highest BCUT2D eigenvalue weighted by molar-refractivity contribution is 9.10. The quantitative estimate of drug-likeness (QED) is 0.546. The van der Waals surface area contributed by atoms with Crippen LogP contribution >= 0.6 is 27.5 Å². The second-order valence-electron chi connectivity index (χ2n) is 7.08. The molecule has 1 fully saturated rings. The van der Waals surface area contributed by atoms with Gasteiger partial charge in [0, 0.05) is 29.2 Å². The molecule has 1 aromatic carbocycles. The van der Waals surface area contributed by atoms with Crippen LogP contribution in [0.5, 0.6) is 0 Å². The van der Waals surface area contributed by atoms with Crippen molar-refractivity contribution in [1.82, 2.24) is 14.3 Å². The highest BCUT2D eigenvalue weighted by atomic mass is 79.9. The average Bonchev–Trinajstić information content (AvgIpc) is 3.04. The molecule has 0 saturated carbocycles. The maximum absolute atomic E-state index is 11.9. The van der Waals surface area contributed by atoms with E-state index in [4.69, 9.17) is 26.1 Å². The van der Waals surface area contributed by atoms with Gasteiger partial charge in [-0.15, -0.1) is 0 Å². The number of nitrogens with zero attached hydrogens (tertiary/aromatic N) is 3. The minimum absolute atomic E-state index is 0.156. The fourth-order valence-electron chi connectivity index (χ4n) is 3.64. The third-order valence-electron chi connectivity index (χ3n) is 5.06. The first-order chi connectivity index (χ1) is 14.0. The third kappa shape index (κ3) is 4.13. The van der Waals surface area contributed by atoms with Crippen molar-refractivity contribution in [3.8, 4) is 11.3 Å². The van der Waals surface area contributed by atoms with Crippen molar-refractivity contribution in [2.24, 2.45) is 0 Å². The number of morpholine rings is 1. The summed E-state index contributed by atoms with van der Waals surface area (Å²) < 4.78 is 13.8. The second-order valence-corrected chi connectivity index (χ2v) is 8.40. The van der Waals surface area contributed by atoms with Gasteiger partial charge in [0.2, 0.25) is 0 Å². The molecule has 1 atom stereocenters. The molecule has 3 heterocycles. The lowest BCUT2D eigenvalue weighted by molar-refractivity contribution is -0.0241. The van der Waals surface area contributed by atoms with Crippen molar-refractivity contribution in [3.63, 3.8) is 0 Å². The van der Waals surface area contributed by atoms with Crippen molar-refractivity contribution in [2.45, 2.75) is 19.4 Å². The van der Waals surface area contributed by atoms with E-state index in [1.165, 1.54) is 7.11 Å². The number of carbonyl (C=O) groups is 1. The maximum Gasteiger partial charge on any atom is 0.409 e. The molecule has 4 rings (SSSR count). The summed E-state index contributed by atoms with van der Waals surface area (Å²) >= 11 is 10.00. The zero-order valence-electron chi connectivity index (χ0n) is 16.2. The molecule has 0 spiro atoms. The van der Waals surface area contributed by atoms with Gasteiger partial charge in [-0.1, -0.05) is 33.6 Å². The van der Waals surface area contributed by atoms with E-state index in [2.05, 4.69) is 20.3 Å². The Hall–Kier alpha value is -2.09. The number of methoxy groups -OCH3 is 1. The summed E-state index contributed by atoms with van der Waals surface area (Å²) in [4.78, 5) is 18.5. The van der Waals surface area contributed by atoms with E-state index >= 15 is 0 Å². The van der Waals surface area contributed by atoms with E-state index < -0.39 is 0 Å². The Balaban J connectivity index is 1.75. The lowest BCUT2D eigenvalue weighted by atomic mass is 10.1. The smallest absolute Gasteiger partial charge is 0.409 e. The summed E-state index contributed by atoms with van der Waals surface area (Å²) in [5.74, 6) is 0. The molecule has 6 nitrogen and oxygen atoms in total. The number of benzene rings is 1. The van der Waals surface area contributed by atoms with Crippen LogP contribution in [0, 0.1) is 6.92 Å². The van der Waals surface area contributed by atoms with Gasteiger partial charge in [0.15, 0.2) is 0 Å². The molecule has 3 aromatic rings. The van der Waals surface area contributed by atoms with Crippen LogP contribution in [-0.2, 0) is 15.9 Å². The van der Waals surface area contributed by atoms with Crippen LogP contribution in [0.1, 0.15) is 11.3 Å². The summed E-state index contributed by atoms with van der Waals surface area (Å²) in [6.45, 7) is 3.52. The number of aryl methyl sites for hydroxylation is 1. The Kier molecular flexibility index (Phi) is 5.81. The van der Waals surface area contributed by atoms with Crippen LogP contribution in [0.3, 0.4) is 0 Å². The van der Waals surface area contributed by atoms with Gasteiger partial charge in [-0.3, -0.25) is 0 Å². The summed E-state index contributed by atoms with van der Waals surface area (Å²) in [6, 6.07) is 9.88. The van der Waals surface area contributed by atoms with E-state index in [-0.39, 0.29) is 12.2 Å². The number of hydrogen-bond acceptors (Lipinski definition) is 4. The van der Waals surface area contributed by atoms with E-state index in [1.54, 1.807) is 4.90 Å². The van der Waals surface area contributed by atoms with Gasteiger partial charge in [0.1, 0.15) is 5.65 Å². The number of pyridine rings is 1. The topological polar surface area (TPSA) is 56.1 Å². The molecule has 1 saturated heterocycles. The normalized spacial score (nSPS) is 17.0. The molecule has 0 bridgehead atoms. The van der Waals surface area contributed by atoms with Crippen LogP contribution in [0.2, 0.25) is 5.02 Å². The molecule has 29 heavy (non-hydrogen) atoms. The Morgan fingerprint density at radius 2 is 2.21 bits per heavy atom. The first-order valence-electron chi connectivity index (χ1n) is 9.33. The van der Waals surface area contributed by atoms with Crippen LogP contribution < -0.4 is 0 Å². The summed E-state index contributed by atoms with van der Waals surface area (Å²) in [6.07, 6.45) is 2.13. The van der Waals surface area contributed by atoms with E-state index in [1.807, 2.05) is 43.5 Å². The lowest BCUT2D eigenvalue weighted by Crippen LogP contribution is -2.46. The second kappa shape index (κ2) is 8.34. The number of rotatable bonds is 3. The number of aromatic nitrogens is 2. The van der Waals surface area contributed by atoms with Gasteiger partial charge >= 0.3 is 6.09 Å². The molecule has 1 unspecified atom stereocenters. The highest BCUT2D eigenvalue weighted by Crippen LogP contribution is 2.34. The Bertz CT molecular complexity index is 1070. The van der Waals surface area contributed by atoms with E-state index in [0.717, 1.165) is 32.6 Å². The molecule has 1 aliphatic rings. The number of ether oxygens (including phenoxy) is 2. The Morgan fingerprint density at radius 3 is 2.97 bits per heavy atom. The average molecular weight is 479 g/mol. The predicted molar refractivity (Wildman–Crippen MR) is 115 cm³/mol. The first kappa shape index (κ1) is 20.2. The van der Waals surface area contributed by atoms with Gasteiger partial charge in [-0.25, -0.2) is 9.78 Å². The van der Waals surface area contributed by atoms with Crippen LogP contribution in [0.4, 0.5) is 4.79 Å². The number of carbonyl (C=O) groups excluding carboxylic acids is 1. The van der Waals surface area contributed by atoms with Crippen molar-refractivity contribution in [2.75, 3.05) is 26.8 Å². The lowest BCUT2D eigenvalue weighted by Gasteiger charge is -2.32.